The monoisotopic (exact) mass is 396 g/mol. The number of hydrogen-bond donors (Lipinski definition) is 0. The van der Waals surface area contributed by atoms with Crippen molar-refractivity contribution in [2.45, 2.75) is 38.1 Å². The molecule has 150 valence electrons. The fourth-order valence-electron chi connectivity index (χ4n) is 3.65. The van der Waals surface area contributed by atoms with Gasteiger partial charge in [-0.05, 0) is 44.4 Å². The van der Waals surface area contributed by atoms with Crippen LogP contribution in [-0.2, 0) is 20.2 Å². The summed E-state index contributed by atoms with van der Waals surface area (Å²) in [5, 5.41) is 0. The summed E-state index contributed by atoms with van der Waals surface area (Å²) in [7, 11) is -1.61. The smallest absolute Gasteiger partial charge is 0.232 e. The third-order valence-electron chi connectivity index (χ3n) is 5.59. The molecule has 3 rings (SSSR count). The number of piperidine rings is 1. The molecule has 1 amide bonds. The van der Waals surface area contributed by atoms with E-state index in [0.29, 0.717) is 50.6 Å². The Labute approximate surface area is 161 Å². The number of ether oxygens (including phenoxy) is 2. The molecule has 1 fully saturated rings. The van der Waals surface area contributed by atoms with Gasteiger partial charge in [0.2, 0.25) is 15.9 Å². The molecule has 0 saturated carbocycles. The van der Waals surface area contributed by atoms with Crippen LogP contribution in [0.5, 0.6) is 11.5 Å². The van der Waals surface area contributed by atoms with Crippen LogP contribution in [0.3, 0.4) is 0 Å². The third-order valence-corrected chi connectivity index (χ3v) is 6.93. The Morgan fingerprint density at radius 2 is 1.74 bits per heavy atom. The first-order valence-electron chi connectivity index (χ1n) is 9.23. The van der Waals surface area contributed by atoms with Crippen LogP contribution in [0.2, 0.25) is 0 Å². The predicted octanol–water partition coefficient (Wildman–Crippen LogP) is 1.62. The Morgan fingerprint density at radius 1 is 1.15 bits per heavy atom. The van der Waals surface area contributed by atoms with E-state index in [-0.39, 0.29) is 11.9 Å². The Hall–Kier alpha value is -1.80. The Morgan fingerprint density at radius 3 is 2.33 bits per heavy atom. The van der Waals surface area contributed by atoms with Crippen LogP contribution < -0.4 is 9.47 Å². The number of amides is 1. The van der Waals surface area contributed by atoms with Gasteiger partial charge in [0.25, 0.3) is 0 Å². The highest BCUT2D eigenvalue weighted by Gasteiger charge is 2.37. The number of rotatable bonds is 4. The molecule has 0 N–H and O–H groups in total. The van der Waals surface area contributed by atoms with E-state index in [4.69, 9.17) is 9.47 Å². The van der Waals surface area contributed by atoms with Crippen LogP contribution in [-0.4, -0.2) is 69.2 Å². The summed E-state index contributed by atoms with van der Waals surface area (Å²) in [5.41, 5.74) is 0.179. The number of fused-ring (bicyclic) bond motifs is 1. The second-order valence-electron chi connectivity index (χ2n) is 7.79. The maximum Gasteiger partial charge on any atom is 0.232 e. The Kier molecular flexibility index (Phi) is 5.40. The summed E-state index contributed by atoms with van der Waals surface area (Å²) in [5.74, 6) is 1.42. The van der Waals surface area contributed by atoms with Gasteiger partial charge in [-0.2, -0.15) is 0 Å². The molecule has 2 aliphatic heterocycles. The van der Waals surface area contributed by atoms with Crippen molar-refractivity contribution >= 4 is 15.9 Å². The van der Waals surface area contributed by atoms with Crippen molar-refractivity contribution < 1.29 is 22.7 Å². The minimum Gasteiger partial charge on any atom is -0.486 e. The first-order valence-corrected chi connectivity index (χ1v) is 11.1. The zero-order valence-corrected chi connectivity index (χ0v) is 17.2. The average Bonchev–Trinajstić information content (AvgIpc) is 2.65. The topological polar surface area (TPSA) is 76.2 Å². The summed E-state index contributed by atoms with van der Waals surface area (Å²) in [6.07, 6.45) is 2.51. The summed E-state index contributed by atoms with van der Waals surface area (Å²) in [6.45, 7) is 5.97. The number of hydrogen-bond acceptors (Lipinski definition) is 5. The molecule has 0 aromatic heterocycles. The molecule has 2 heterocycles. The van der Waals surface area contributed by atoms with Gasteiger partial charge in [-0.1, -0.05) is 6.07 Å². The van der Waals surface area contributed by atoms with Gasteiger partial charge in [0.1, 0.15) is 13.2 Å². The van der Waals surface area contributed by atoms with Crippen molar-refractivity contribution in [2.24, 2.45) is 0 Å². The van der Waals surface area contributed by atoms with Crippen LogP contribution in [0.25, 0.3) is 0 Å². The van der Waals surface area contributed by atoms with Gasteiger partial charge >= 0.3 is 0 Å². The van der Waals surface area contributed by atoms with Gasteiger partial charge in [-0.3, -0.25) is 4.79 Å². The number of benzene rings is 1. The Balaban J connectivity index is 1.70. The lowest BCUT2D eigenvalue weighted by Gasteiger charge is -2.39. The highest BCUT2D eigenvalue weighted by Crippen LogP contribution is 2.36. The van der Waals surface area contributed by atoms with Crippen LogP contribution in [0.4, 0.5) is 0 Å². The van der Waals surface area contributed by atoms with Crippen molar-refractivity contribution in [3.63, 3.8) is 0 Å². The minimum absolute atomic E-state index is 0.0413. The van der Waals surface area contributed by atoms with Crippen molar-refractivity contribution in [1.82, 2.24) is 9.21 Å². The molecule has 0 radical (unpaired) electrons. The zero-order valence-electron chi connectivity index (χ0n) is 16.4. The van der Waals surface area contributed by atoms with Gasteiger partial charge in [-0.25, -0.2) is 12.7 Å². The summed E-state index contributed by atoms with van der Waals surface area (Å²) in [6, 6.07) is 5.60. The van der Waals surface area contributed by atoms with E-state index in [1.165, 1.54) is 10.6 Å². The predicted molar refractivity (Wildman–Crippen MR) is 103 cm³/mol. The van der Waals surface area contributed by atoms with E-state index in [9.17, 15) is 13.2 Å². The molecule has 7 nitrogen and oxygen atoms in total. The number of carbonyl (C=O) groups excluding carboxylic acids is 1. The van der Waals surface area contributed by atoms with Crippen LogP contribution in [0.1, 0.15) is 32.3 Å². The number of carbonyl (C=O) groups is 1. The van der Waals surface area contributed by atoms with Crippen molar-refractivity contribution in [3.05, 3.63) is 23.8 Å². The molecule has 0 bridgehead atoms. The first-order chi connectivity index (χ1) is 12.6. The van der Waals surface area contributed by atoms with Gasteiger partial charge in [-0.15, -0.1) is 0 Å². The molecule has 0 atom stereocenters. The fourth-order valence-corrected chi connectivity index (χ4v) is 4.41. The maximum absolute atomic E-state index is 13.2. The molecular formula is C19H28N2O5S. The van der Waals surface area contributed by atoms with E-state index in [2.05, 4.69) is 0 Å². The molecule has 27 heavy (non-hydrogen) atoms. The lowest BCUT2D eigenvalue weighted by atomic mass is 9.82. The molecule has 0 spiro atoms. The van der Waals surface area contributed by atoms with Crippen molar-refractivity contribution in [3.8, 4) is 11.5 Å². The van der Waals surface area contributed by atoms with Crippen LogP contribution in [0.15, 0.2) is 18.2 Å². The summed E-state index contributed by atoms with van der Waals surface area (Å²) < 4.78 is 36.1. The minimum atomic E-state index is -3.22. The first kappa shape index (κ1) is 19.9. The lowest BCUT2D eigenvalue weighted by molar-refractivity contribution is -0.137. The largest absolute Gasteiger partial charge is 0.486 e. The van der Waals surface area contributed by atoms with Crippen LogP contribution in [0, 0.1) is 0 Å². The second kappa shape index (κ2) is 7.31. The summed E-state index contributed by atoms with van der Waals surface area (Å²) in [4.78, 5) is 15.0. The fraction of sp³-hybridized carbons (Fsp3) is 0.632. The molecule has 0 unspecified atom stereocenters. The van der Waals surface area contributed by atoms with Gasteiger partial charge in [0.15, 0.2) is 11.5 Å². The van der Waals surface area contributed by atoms with Crippen molar-refractivity contribution in [1.29, 1.82) is 0 Å². The summed E-state index contributed by atoms with van der Waals surface area (Å²) >= 11 is 0. The van der Waals surface area contributed by atoms with E-state index in [1.807, 2.05) is 36.9 Å². The normalized spacial score (nSPS) is 18.6. The molecule has 2 aliphatic rings. The molecular weight excluding hydrogens is 368 g/mol. The molecule has 1 saturated heterocycles. The van der Waals surface area contributed by atoms with E-state index < -0.39 is 15.4 Å². The number of sulfonamides is 1. The van der Waals surface area contributed by atoms with Crippen LogP contribution >= 0.6 is 0 Å². The van der Waals surface area contributed by atoms with E-state index in [0.717, 1.165) is 5.56 Å². The Bertz CT molecular complexity index is 813. The molecule has 1 aromatic carbocycles. The molecule has 1 aromatic rings. The van der Waals surface area contributed by atoms with Gasteiger partial charge < -0.3 is 14.4 Å². The third kappa shape index (κ3) is 4.06. The van der Waals surface area contributed by atoms with E-state index in [1.54, 1.807) is 7.05 Å². The highest BCUT2D eigenvalue weighted by atomic mass is 32.2. The lowest BCUT2D eigenvalue weighted by Crippen LogP contribution is -2.51. The average molecular weight is 397 g/mol. The van der Waals surface area contributed by atoms with Gasteiger partial charge in [0.05, 0.1) is 11.7 Å². The van der Waals surface area contributed by atoms with E-state index >= 15 is 0 Å². The second-order valence-corrected chi connectivity index (χ2v) is 9.83. The van der Waals surface area contributed by atoms with Crippen molar-refractivity contribution in [2.75, 3.05) is 39.6 Å². The molecule has 0 aliphatic carbocycles. The highest BCUT2D eigenvalue weighted by molar-refractivity contribution is 7.88. The maximum atomic E-state index is 13.2. The standard InChI is InChI=1S/C19H28N2O5S/c1-19(2,14-5-6-16-17(13-14)26-12-11-25-16)18(22)21-9-7-15(8-10-21)20(3)27(4,23)24/h5-6,13,15H,7-12H2,1-4H3. The number of nitrogens with zero attached hydrogens (tertiary/aromatic N) is 2. The molecule has 8 heteroatoms. The SMILES string of the molecule is CN(C1CCN(C(=O)C(C)(C)c2ccc3c(c2)OCCO3)CC1)S(C)(=O)=O. The van der Waals surface area contributed by atoms with Gasteiger partial charge in [0, 0.05) is 26.2 Å². The zero-order chi connectivity index (χ0) is 19.8. The number of likely N-dealkylation sites (tertiary alicyclic amines) is 1. The quantitative estimate of drug-likeness (QED) is 0.773.